The van der Waals surface area contributed by atoms with Crippen LogP contribution in [0.4, 0.5) is 5.69 Å². The zero-order chi connectivity index (χ0) is 12.8. The predicted molar refractivity (Wildman–Crippen MR) is 69.7 cm³/mol. The fourth-order valence-corrected chi connectivity index (χ4v) is 1.53. The first kappa shape index (κ1) is 12.4. The van der Waals surface area contributed by atoms with Gasteiger partial charge in [0.2, 0.25) is 0 Å². The van der Waals surface area contributed by atoms with Crippen LogP contribution in [0.15, 0.2) is 41.0 Å². The highest BCUT2D eigenvalue weighted by molar-refractivity contribution is 5.62. The minimum absolute atomic E-state index is 0.356. The quantitative estimate of drug-likeness (QED) is 0.796. The van der Waals surface area contributed by atoms with E-state index in [1.54, 1.807) is 6.26 Å². The van der Waals surface area contributed by atoms with Crippen molar-refractivity contribution in [2.24, 2.45) is 0 Å². The molecule has 0 saturated carbocycles. The molecule has 4 heteroatoms. The molecule has 96 valence electrons. The molecule has 4 nitrogen and oxygen atoms in total. The molecule has 1 aromatic heterocycles. The summed E-state index contributed by atoms with van der Waals surface area (Å²) in [5.74, 6) is 2.03. The van der Waals surface area contributed by atoms with Gasteiger partial charge in [0.25, 0.3) is 0 Å². The molecule has 0 bridgehead atoms. The van der Waals surface area contributed by atoms with E-state index in [9.17, 15) is 0 Å². The molecule has 0 saturated heterocycles. The summed E-state index contributed by atoms with van der Waals surface area (Å²) < 4.78 is 16.3. The Balaban J connectivity index is 2.03. The normalized spacial score (nSPS) is 10.3. The predicted octanol–water partition coefficient (Wildman–Crippen LogP) is 3.23. The second-order valence-corrected chi connectivity index (χ2v) is 3.88. The van der Waals surface area contributed by atoms with Gasteiger partial charge in [-0.25, -0.2) is 0 Å². The molecule has 0 radical (unpaired) electrons. The third-order valence-electron chi connectivity index (χ3n) is 2.44. The Hall–Kier alpha value is -2.10. The molecular formula is C14H17NO3. The minimum Gasteiger partial charge on any atom is -0.491 e. The number of furan rings is 1. The van der Waals surface area contributed by atoms with Gasteiger partial charge in [-0.1, -0.05) is 13.0 Å². The number of hydrogen-bond donors (Lipinski definition) is 1. The maximum atomic E-state index is 5.98. The number of ether oxygens (including phenoxy) is 2. The summed E-state index contributed by atoms with van der Waals surface area (Å²) in [5.41, 5.74) is 6.51. The van der Waals surface area contributed by atoms with Crippen LogP contribution < -0.4 is 15.2 Å². The smallest absolute Gasteiger partial charge is 0.146 e. The second kappa shape index (κ2) is 6.00. The fourth-order valence-electron chi connectivity index (χ4n) is 1.53. The van der Waals surface area contributed by atoms with Crippen LogP contribution in [0.2, 0.25) is 0 Å². The van der Waals surface area contributed by atoms with Crippen LogP contribution in [0.3, 0.4) is 0 Å². The van der Waals surface area contributed by atoms with Gasteiger partial charge in [-0.3, -0.25) is 0 Å². The van der Waals surface area contributed by atoms with Crippen molar-refractivity contribution in [1.82, 2.24) is 0 Å². The van der Waals surface area contributed by atoms with E-state index in [0.717, 1.165) is 12.2 Å². The molecule has 2 rings (SSSR count). The van der Waals surface area contributed by atoms with E-state index in [-0.39, 0.29) is 0 Å². The largest absolute Gasteiger partial charge is 0.491 e. The highest BCUT2D eigenvalue weighted by atomic mass is 16.5. The summed E-state index contributed by atoms with van der Waals surface area (Å²) in [6.45, 7) is 3.05. The van der Waals surface area contributed by atoms with Crippen molar-refractivity contribution in [2.75, 3.05) is 12.3 Å². The highest BCUT2D eigenvalue weighted by Gasteiger charge is 2.07. The van der Waals surface area contributed by atoms with E-state index in [4.69, 9.17) is 19.6 Å². The summed E-state index contributed by atoms with van der Waals surface area (Å²) in [6, 6.07) is 9.19. The molecule has 1 heterocycles. The molecular weight excluding hydrogens is 230 g/mol. The van der Waals surface area contributed by atoms with E-state index in [2.05, 4.69) is 0 Å². The number of nitrogen functional groups attached to an aromatic ring is 1. The summed E-state index contributed by atoms with van der Waals surface area (Å²) in [5, 5.41) is 0. The molecule has 0 aliphatic heterocycles. The molecule has 0 atom stereocenters. The van der Waals surface area contributed by atoms with Crippen LogP contribution in [0, 0.1) is 0 Å². The molecule has 0 amide bonds. The van der Waals surface area contributed by atoms with Crippen molar-refractivity contribution in [3.8, 4) is 11.5 Å². The van der Waals surface area contributed by atoms with Crippen molar-refractivity contribution in [3.05, 3.63) is 42.4 Å². The standard InChI is InChI=1S/C14H17NO3/c1-2-8-17-12-6-3-7-13(14(12)15)18-10-11-5-4-9-16-11/h3-7,9H,2,8,10,15H2,1H3. The summed E-state index contributed by atoms with van der Waals surface area (Å²) in [4.78, 5) is 0. The van der Waals surface area contributed by atoms with Crippen LogP contribution in [-0.2, 0) is 6.61 Å². The number of nitrogens with two attached hydrogens (primary N) is 1. The number of anilines is 1. The lowest BCUT2D eigenvalue weighted by Gasteiger charge is -2.12. The maximum absolute atomic E-state index is 5.98. The topological polar surface area (TPSA) is 57.6 Å². The van der Waals surface area contributed by atoms with E-state index >= 15 is 0 Å². The number of para-hydroxylation sites is 1. The first-order valence-corrected chi connectivity index (χ1v) is 5.97. The molecule has 1 aromatic carbocycles. The molecule has 18 heavy (non-hydrogen) atoms. The van der Waals surface area contributed by atoms with E-state index in [1.165, 1.54) is 0 Å². The van der Waals surface area contributed by atoms with Gasteiger partial charge in [0.1, 0.15) is 29.6 Å². The van der Waals surface area contributed by atoms with Gasteiger partial charge in [-0.05, 0) is 30.7 Å². The van der Waals surface area contributed by atoms with Gasteiger partial charge in [0.05, 0.1) is 12.9 Å². The molecule has 0 aliphatic rings. The number of rotatable bonds is 6. The van der Waals surface area contributed by atoms with E-state index < -0.39 is 0 Å². The van der Waals surface area contributed by atoms with Crippen molar-refractivity contribution in [3.63, 3.8) is 0 Å². The Morgan fingerprint density at radius 1 is 1.11 bits per heavy atom. The molecule has 2 aromatic rings. The van der Waals surface area contributed by atoms with Gasteiger partial charge in [0, 0.05) is 0 Å². The zero-order valence-corrected chi connectivity index (χ0v) is 10.4. The molecule has 0 aliphatic carbocycles. The average Bonchev–Trinajstić information content (AvgIpc) is 2.89. The summed E-state index contributed by atoms with van der Waals surface area (Å²) in [6.07, 6.45) is 2.56. The third-order valence-corrected chi connectivity index (χ3v) is 2.44. The first-order chi connectivity index (χ1) is 8.81. The summed E-state index contributed by atoms with van der Waals surface area (Å²) >= 11 is 0. The van der Waals surface area contributed by atoms with E-state index in [0.29, 0.717) is 30.4 Å². The Kier molecular flexibility index (Phi) is 4.12. The Morgan fingerprint density at radius 3 is 2.56 bits per heavy atom. The van der Waals surface area contributed by atoms with Crippen molar-refractivity contribution in [2.45, 2.75) is 20.0 Å². The van der Waals surface area contributed by atoms with Crippen molar-refractivity contribution < 1.29 is 13.9 Å². The van der Waals surface area contributed by atoms with Crippen LogP contribution in [0.1, 0.15) is 19.1 Å². The van der Waals surface area contributed by atoms with E-state index in [1.807, 2.05) is 37.3 Å². The van der Waals surface area contributed by atoms with Gasteiger partial charge >= 0.3 is 0 Å². The van der Waals surface area contributed by atoms with Crippen LogP contribution in [0.5, 0.6) is 11.5 Å². The lowest BCUT2D eigenvalue weighted by atomic mass is 10.2. The average molecular weight is 247 g/mol. The van der Waals surface area contributed by atoms with Gasteiger partial charge < -0.3 is 19.6 Å². The second-order valence-electron chi connectivity index (χ2n) is 3.88. The maximum Gasteiger partial charge on any atom is 0.146 e. The zero-order valence-electron chi connectivity index (χ0n) is 10.4. The third kappa shape index (κ3) is 2.97. The monoisotopic (exact) mass is 247 g/mol. The van der Waals surface area contributed by atoms with Crippen LogP contribution >= 0.6 is 0 Å². The fraction of sp³-hybridized carbons (Fsp3) is 0.286. The lowest BCUT2D eigenvalue weighted by molar-refractivity contribution is 0.268. The van der Waals surface area contributed by atoms with Gasteiger partial charge in [-0.15, -0.1) is 0 Å². The van der Waals surface area contributed by atoms with Gasteiger partial charge in [-0.2, -0.15) is 0 Å². The Labute approximate surface area is 106 Å². The number of benzene rings is 1. The lowest BCUT2D eigenvalue weighted by Crippen LogP contribution is -2.02. The Morgan fingerprint density at radius 2 is 1.89 bits per heavy atom. The highest BCUT2D eigenvalue weighted by Crippen LogP contribution is 2.31. The van der Waals surface area contributed by atoms with Gasteiger partial charge in [0.15, 0.2) is 0 Å². The molecule has 2 N–H and O–H groups in total. The molecule has 0 fully saturated rings. The molecule has 0 spiro atoms. The summed E-state index contributed by atoms with van der Waals surface area (Å²) in [7, 11) is 0. The van der Waals surface area contributed by atoms with Crippen molar-refractivity contribution in [1.29, 1.82) is 0 Å². The number of hydrogen-bond acceptors (Lipinski definition) is 4. The van der Waals surface area contributed by atoms with Crippen molar-refractivity contribution >= 4 is 5.69 Å². The Bertz CT molecular complexity index is 480. The van der Waals surface area contributed by atoms with Crippen LogP contribution in [-0.4, -0.2) is 6.61 Å². The first-order valence-electron chi connectivity index (χ1n) is 5.97. The molecule has 0 unspecified atom stereocenters. The SMILES string of the molecule is CCCOc1cccc(OCc2ccco2)c1N. The minimum atomic E-state index is 0.356. The van der Waals surface area contributed by atoms with Crippen LogP contribution in [0.25, 0.3) is 0 Å².